The molecule has 0 radical (unpaired) electrons. The molecule has 0 saturated carbocycles. The second-order valence-electron chi connectivity index (χ2n) is 14.5. The molecule has 3 heteroatoms. The molecule has 2 aromatic heterocycles. The molecule has 0 N–H and O–H groups in total. The Morgan fingerprint density at radius 2 is 1.09 bits per heavy atom. The Morgan fingerprint density at radius 3 is 1.92 bits per heavy atom. The van der Waals surface area contributed by atoms with Gasteiger partial charge in [-0.1, -0.05) is 153 Å². The molecule has 53 heavy (non-hydrogen) atoms. The highest BCUT2D eigenvalue weighted by atomic mass is 14.9. The zero-order valence-electron chi connectivity index (χ0n) is 29.6. The van der Waals surface area contributed by atoms with Crippen LogP contribution in [0.15, 0.2) is 176 Å². The molecule has 7 aromatic carbocycles. The quantitative estimate of drug-likeness (QED) is 0.182. The fourth-order valence-electron chi connectivity index (χ4n) is 8.31. The zero-order chi connectivity index (χ0) is 35.5. The van der Waals surface area contributed by atoms with E-state index in [2.05, 4.69) is 158 Å². The molecule has 1 aliphatic carbocycles. The van der Waals surface area contributed by atoms with E-state index < -0.39 is 0 Å². The van der Waals surface area contributed by atoms with E-state index in [4.69, 9.17) is 9.97 Å². The number of rotatable bonds is 5. The van der Waals surface area contributed by atoms with Gasteiger partial charge in [0.15, 0.2) is 5.82 Å². The summed E-state index contributed by atoms with van der Waals surface area (Å²) in [6.45, 7) is 4.70. The molecule has 0 aliphatic heterocycles. The molecule has 1 aliphatic rings. The van der Waals surface area contributed by atoms with E-state index in [-0.39, 0.29) is 5.41 Å². The van der Waals surface area contributed by atoms with Crippen LogP contribution in [-0.4, -0.2) is 15.0 Å². The predicted molar refractivity (Wildman–Crippen MR) is 220 cm³/mol. The van der Waals surface area contributed by atoms with Crippen LogP contribution in [-0.2, 0) is 5.41 Å². The van der Waals surface area contributed by atoms with E-state index in [1.807, 2.05) is 30.5 Å². The van der Waals surface area contributed by atoms with Crippen LogP contribution in [0.2, 0.25) is 0 Å². The molecule has 3 nitrogen and oxygen atoms in total. The Balaban J connectivity index is 1.14. The largest absolute Gasteiger partial charge is 0.264 e. The highest BCUT2D eigenvalue weighted by molar-refractivity contribution is 6.07. The molecule has 0 fully saturated rings. The van der Waals surface area contributed by atoms with Crippen molar-refractivity contribution in [1.29, 1.82) is 0 Å². The second-order valence-corrected chi connectivity index (χ2v) is 14.5. The average molecular weight is 678 g/mol. The van der Waals surface area contributed by atoms with Crippen LogP contribution in [0.5, 0.6) is 0 Å². The van der Waals surface area contributed by atoms with Crippen LogP contribution in [0, 0.1) is 0 Å². The van der Waals surface area contributed by atoms with Crippen molar-refractivity contribution < 1.29 is 0 Å². The fraction of sp³-hybridized carbons (Fsp3) is 0.0600. The summed E-state index contributed by atoms with van der Waals surface area (Å²) in [4.78, 5) is 14.7. The molecule has 2 heterocycles. The van der Waals surface area contributed by atoms with Gasteiger partial charge in [-0.3, -0.25) is 4.98 Å². The summed E-state index contributed by atoms with van der Waals surface area (Å²) < 4.78 is 0. The minimum Gasteiger partial charge on any atom is -0.264 e. The normalized spacial score (nSPS) is 12.9. The summed E-state index contributed by atoms with van der Waals surface area (Å²) in [6.07, 6.45) is 3.70. The molecule has 10 rings (SSSR count). The number of hydrogen-bond acceptors (Lipinski definition) is 3. The van der Waals surface area contributed by atoms with Gasteiger partial charge in [-0.15, -0.1) is 0 Å². The Bertz CT molecular complexity index is 2860. The van der Waals surface area contributed by atoms with Crippen molar-refractivity contribution in [2.75, 3.05) is 0 Å². The number of hydrogen-bond donors (Lipinski definition) is 0. The minimum absolute atomic E-state index is 0.0716. The predicted octanol–water partition coefficient (Wildman–Crippen LogP) is 12.8. The molecular weight excluding hydrogens is 643 g/mol. The van der Waals surface area contributed by atoms with Crippen molar-refractivity contribution in [1.82, 2.24) is 15.0 Å². The lowest BCUT2D eigenvalue weighted by atomic mass is 9.81. The maximum Gasteiger partial charge on any atom is 0.160 e. The maximum atomic E-state index is 5.23. The van der Waals surface area contributed by atoms with Gasteiger partial charge in [-0.05, 0) is 84.8 Å². The summed E-state index contributed by atoms with van der Waals surface area (Å²) in [5.41, 5.74) is 14.8. The van der Waals surface area contributed by atoms with E-state index in [1.54, 1.807) is 6.20 Å². The first-order chi connectivity index (χ1) is 26.0. The molecule has 0 bridgehead atoms. The van der Waals surface area contributed by atoms with E-state index in [1.165, 1.54) is 49.5 Å². The van der Waals surface area contributed by atoms with Gasteiger partial charge in [0.1, 0.15) is 0 Å². The number of pyridine rings is 1. The number of benzene rings is 7. The number of nitrogens with zero attached hydrogens (tertiary/aromatic N) is 3. The molecule has 0 saturated heterocycles. The number of aromatic nitrogens is 3. The first kappa shape index (κ1) is 31.1. The Labute approximate surface area is 309 Å². The summed E-state index contributed by atoms with van der Waals surface area (Å²) in [7, 11) is 0. The Morgan fingerprint density at radius 1 is 0.415 bits per heavy atom. The third-order valence-electron chi connectivity index (χ3n) is 11.0. The highest BCUT2D eigenvalue weighted by Crippen LogP contribution is 2.52. The lowest BCUT2D eigenvalue weighted by molar-refractivity contribution is 0.661. The van der Waals surface area contributed by atoms with E-state index in [0.29, 0.717) is 5.82 Å². The van der Waals surface area contributed by atoms with Crippen LogP contribution < -0.4 is 0 Å². The van der Waals surface area contributed by atoms with Crippen LogP contribution in [0.3, 0.4) is 0 Å². The molecule has 250 valence electrons. The summed E-state index contributed by atoms with van der Waals surface area (Å²) in [6, 6.07) is 58.7. The third kappa shape index (κ3) is 5.16. The molecule has 0 atom stereocenters. The van der Waals surface area contributed by atoms with Crippen molar-refractivity contribution in [3.8, 4) is 67.3 Å². The first-order valence-electron chi connectivity index (χ1n) is 18.2. The van der Waals surface area contributed by atoms with Crippen molar-refractivity contribution in [2.45, 2.75) is 19.3 Å². The van der Waals surface area contributed by atoms with Gasteiger partial charge >= 0.3 is 0 Å². The second kappa shape index (κ2) is 12.2. The van der Waals surface area contributed by atoms with Gasteiger partial charge in [-0.2, -0.15) is 0 Å². The van der Waals surface area contributed by atoms with Crippen molar-refractivity contribution in [2.24, 2.45) is 0 Å². The first-order valence-corrected chi connectivity index (χ1v) is 18.2. The molecular formula is C50H35N3. The smallest absolute Gasteiger partial charge is 0.160 e. The highest BCUT2D eigenvalue weighted by Gasteiger charge is 2.36. The van der Waals surface area contributed by atoms with E-state index in [0.717, 1.165) is 44.6 Å². The van der Waals surface area contributed by atoms with E-state index >= 15 is 0 Å². The van der Waals surface area contributed by atoms with Crippen LogP contribution in [0.25, 0.3) is 88.8 Å². The molecule has 0 amide bonds. The zero-order valence-corrected chi connectivity index (χ0v) is 29.6. The topological polar surface area (TPSA) is 38.7 Å². The summed E-state index contributed by atoms with van der Waals surface area (Å²) >= 11 is 0. The van der Waals surface area contributed by atoms with Gasteiger partial charge in [0.2, 0.25) is 0 Å². The van der Waals surface area contributed by atoms with Crippen LogP contribution in [0.1, 0.15) is 25.0 Å². The monoisotopic (exact) mass is 677 g/mol. The molecule has 0 spiro atoms. The lowest BCUT2D eigenvalue weighted by Crippen LogP contribution is -2.14. The average Bonchev–Trinajstić information content (AvgIpc) is 3.46. The van der Waals surface area contributed by atoms with Crippen molar-refractivity contribution in [3.63, 3.8) is 0 Å². The fourth-order valence-corrected chi connectivity index (χ4v) is 8.31. The van der Waals surface area contributed by atoms with E-state index in [9.17, 15) is 0 Å². The summed E-state index contributed by atoms with van der Waals surface area (Å²) in [5, 5.41) is 4.94. The Hall–Kier alpha value is -6.71. The van der Waals surface area contributed by atoms with Crippen molar-refractivity contribution >= 4 is 21.5 Å². The minimum atomic E-state index is -0.0716. The van der Waals surface area contributed by atoms with Gasteiger partial charge < -0.3 is 0 Å². The lowest BCUT2D eigenvalue weighted by Gasteiger charge is -2.22. The third-order valence-corrected chi connectivity index (χ3v) is 11.0. The van der Waals surface area contributed by atoms with Crippen molar-refractivity contribution in [3.05, 3.63) is 187 Å². The van der Waals surface area contributed by atoms with Gasteiger partial charge in [0, 0.05) is 40.1 Å². The number of fused-ring (bicyclic) bond motifs is 6. The van der Waals surface area contributed by atoms with Crippen LogP contribution in [0.4, 0.5) is 0 Å². The summed E-state index contributed by atoms with van der Waals surface area (Å²) in [5.74, 6) is 0.699. The molecule has 0 unspecified atom stereocenters. The van der Waals surface area contributed by atoms with Gasteiger partial charge in [0.05, 0.1) is 11.4 Å². The SMILES string of the molecule is CC1(C)c2ccc(-c3ccc(-c4cc(-c5cccc(-c6cccnc6)c5)nc(-c5ccccc5)n4)c4ccccc34)cc2-c2c1ccc1ccccc21. The maximum absolute atomic E-state index is 5.23. The van der Waals surface area contributed by atoms with Crippen LogP contribution >= 0.6 is 0 Å². The standard InChI is InChI=1S/C50H35N3/c1-50(2)44-25-22-35(29-43(44)48-39-18-7-6-12-32(39)21-26-45(48)50)38-23-24-42(41-20-9-8-19-40(38)41)47-30-46(52-49(53-47)33-13-4-3-5-14-33)36-16-10-15-34(28-36)37-17-11-27-51-31-37/h3-31H,1-2H3. The van der Waals surface area contributed by atoms with Gasteiger partial charge in [-0.25, -0.2) is 9.97 Å². The molecule has 9 aromatic rings. The Kier molecular flexibility index (Phi) is 7.16. The van der Waals surface area contributed by atoms with Gasteiger partial charge in [0.25, 0.3) is 0 Å².